The summed E-state index contributed by atoms with van der Waals surface area (Å²) in [6, 6.07) is 15.6. The minimum absolute atomic E-state index is 0.0216. The molecule has 0 radical (unpaired) electrons. The van der Waals surface area contributed by atoms with Crippen LogP contribution in [0.3, 0.4) is 0 Å². The Kier molecular flexibility index (Phi) is 9.35. The molecule has 0 fully saturated rings. The summed E-state index contributed by atoms with van der Waals surface area (Å²) in [4.78, 5) is 21.6. The highest BCUT2D eigenvalue weighted by atomic mass is 32.1. The molecule has 2 aromatic carbocycles. The molecule has 0 atom stereocenters. The molecule has 9 nitrogen and oxygen atoms in total. The van der Waals surface area contributed by atoms with Crippen molar-refractivity contribution in [3.05, 3.63) is 75.8 Å². The maximum atomic E-state index is 11.1. The zero-order chi connectivity index (χ0) is 21.8. The molecule has 1 amide bonds. The Labute approximate surface area is 179 Å². The Morgan fingerprint density at radius 3 is 2.50 bits per heavy atom. The second kappa shape index (κ2) is 12.2. The Balaban J connectivity index is 1.98. The number of carbonyl (C=O) groups excluding carboxylic acids is 1. The van der Waals surface area contributed by atoms with Crippen molar-refractivity contribution in [1.29, 1.82) is 0 Å². The monoisotopic (exact) mass is 429 g/mol. The van der Waals surface area contributed by atoms with Gasteiger partial charge in [0.25, 0.3) is 5.69 Å². The molecule has 0 unspecified atom stereocenters. The standard InChI is InChI=1S/C20H23N5O4S/c26-18(24-27)12-5-2-6-13-21-20(30)23-22-19(15-8-3-1-4-9-15)16-10-7-11-17(14-16)25(28)29/h1,3-4,7-11,14,27H,2,5-6,12-13H2,(H,24,26)(H2,21,23,30)/b22-19+. The summed E-state index contributed by atoms with van der Waals surface area (Å²) in [5.74, 6) is -0.399. The van der Waals surface area contributed by atoms with Crippen molar-refractivity contribution in [3.63, 3.8) is 0 Å². The molecule has 0 bridgehead atoms. The van der Waals surface area contributed by atoms with E-state index in [4.69, 9.17) is 17.4 Å². The van der Waals surface area contributed by atoms with E-state index in [9.17, 15) is 14.9 Å². The number of thiocarbonyl (C=S) groups is 1. The van der Waals surface area contributed by atoms with E-state index in [-0.39, 0.29) is 12.1 Å². The van der Waals surface area contributed by atoms with Gasteiger partial charge in [-0.15, -0.1) is 0 Å². The molecule has 0 aliphatic heterocycles. The van der Waals surface area contributed by atoms with Gasteiger partial charge in [-0.05, 0) is 25.1 Å². The molecule has 2 aromatic rings. The number of non-ortho nitro benzene ring substituents is 1. The van der Waals surface area contributed by atoms with Gasteiger partial charge >= 0.3 is 0 Å². The van der Waals surface area contributed by atoms with Gasteiger partial charge in [-0.25, -0.2) is 5.48 Å². The highest BCUT2D eigenvalue weighted by Gasteiger charge is 2.12. The summed E-state index contributed by atoms with van der Waals surface area (Å²) in [7, 11) is 0. The van der Waals surface area contributed by atoms with Crippen LogP contribution >= 0.6 is 12.2 Å². The van der Waals surface area contributed by atoms with Crippen LogP contribution in [-0.4, -0.2) is 33.4 Å². The van der Waals surface area contributed by atoms with Crippen molar-refractivity contribution >= 4 is 34.6 Å². The Hall–Kier alpha value is -3.37. The SMILES string of the molecule is O=C(CCCCCNC(=S)N/N=C(\c1ccccc1)c1cccc([N+](=O)[O-])c1)NO. The Morgan fingerprint density at radius 2 is 1.80 bits per heavy atom. The average molecular weight is 430 g/mol. The third kappa shape index (κ3) is 7.57. The largest absolute Gasteiger partial charge is 0.361 e. The van der Waals surface area contributed by atoms with E-state index in [2.05, 4.69) is 15.8 Å². The number of nitrogens with zero attached hydrogens (tertiary/aromatic N) is 2. The van der Waals surface area contributed by atoms with Crippen LogP contribution in [0.4, 0.5) is 5.69 Å². The Bertz CT molecular complexity index is 905. The van der Waals surface area contributed by atoms with Crippen molar-refractivity contribution in [1.82, 2.24) is 16.2 Å². The first kappa shape index (κ1) is 22.9. The first-order valence-corrected chi connectivity index (χ1v) is 9.77. The fourth-order valence-corrected chi connectivity index (χ4v) is 2.80. The summed E-state index contributed by atoms with van der Waals surface area (Å²) in [5.41, 5.74) is 6.27. The number of carbonyl (C=O) groups is 1. The van der Waals surface area contributed by atoms with Crippen molar-refractivity contribution < 1.29 is 14.9 Å². The highest BCUT2D eigenvalue weighted by molar-refractivity contribution is 7.80. The van der Waals surface area contributed by atoms with Gasteiger partial charge in [0, 0.05) is 36.2 Å². The second-order valence-electron chi connectivity index (χ2n) is 6.35. The average Bonchev–Trinajstić information content (AvgIpc) is 2.77. The number of rotatable bonds is 10. The van der Waals surface area contributed by atoms with Crippen molar-refractivity contribution in [3.8, 4) is 0 Å². The summed E-state index contributed by atoms with van der Waals surface area (Å²) in [6.07, 6.45) is 2.53. The van der Waals surface area contributed by atoms with Gasteiger partial charge in [-0.1, -0.05) is 48.9 Å². The first-order chi connectivity index (χ1) is 14.5. The van der Waals surface area contributed by atoms with E-state index in [1.54, 1.807) is 17.6 Å². The van der Waals surface area contributed by atoms with Gasteiger partial charge in [0.1, 0.15) is 0 Å². The van der Waals surface area contributed by atoms with E-state index >= 15 is 0 Å². The molecule has 158 valence electrons. The normalized spacial score (nSPS) is 10.9. The van der Waals surface area contributed by atoms with Crippen LogP contribution in [0, 0.1) is 10.1 Å². The second-order valence-corrected chi connectivity index (χ2v) is 6.76. The zero-order valence-corrected chi connectivity index (χ0v) is 17.0. The van der Waals surface area contributed by atoms with Gasteiger partial charge < -0.3 is 5.32 Å². The zero-order valence-electron chi connectivity index (χ0n) is 16.2. The molecular weight excluding hydrogens is 406 g/mol. The molecular formula is C20H23N5O4S. The van der Waals surface area contributed by atoms with Gasteiger partial charge in [-0.2, -0.15) is 5.10 Å². The number of amides is 1. The number of hydrazone groups is 1. The molecule has 0 aliphatic rings. The minimum Gasteiger partial charge on any atom is -0.361 e. The van der Waals surface area contributed by atoms with E-state index in [1.807, 2.05) is 30.3 Å². The number of benzene rings is 2. The van der Waals surface area contributed by atoms with Crippen LogP contribution in [0.25, 0.3) is 0 Å². The summed E-state index contributed by atoms with van der Waals surface area (Å²) in [5, 5.41) is 27.3. The number of nitro benzene ring substituents is 1. The van der Waals surface area contributed by atoms with Gasteiger partial charge in [0.15, 0.2) is 5.11 Å². The molecule has 0 spiro atoms. The van der Waals surface area contributed by atoms with Crippen LogP contribution in [-0.2, 0) is 4.79 Å². The number of hydrogen-bond donors (Lipinski definition) is 4. The van der Waals surface area contributed by atoms with E-state index in [0.717, 1.165) is 18.4 Å². The van der Waals surface area contributed by atoms with E-state index in [0.29, 0.717) is 29.4 Å². The van der Waals surface area contributed by atoms with Gasteiger partial charge in [0.05, 0.1) is 10.6 Å². The fourth-order valence-electron chi connectivity index (χ4n) is 2.65. The molecule has 0 heterocycles. The summed E-state index contributed by atoms with van der Waals surface area (Å²) in [6.45, 7) is 0.597. The van der Waals surface area contributed by atoms with Crippen LogP contribution in [0.2, 0.25) is 0 Å². The lowest BCUT2D eigenvalue weighted by molar-refractivity contribution is -0.384. The van der Waals surface area contributed by atoms with Crippen LogP contribution in [0.5, 0.6) is 0 Å². The third-order valence-corrected chi connectivity index (χ3v) is 4.37. The number of nitro groups is 1. The van der Waals surface area contributed by atoms with E-state index in [1.165, 1.54) is 12.1 Å². The van der Waals surface area contributed by atoms with Gasteiger partial charge in [-0.3, -0.25) is 25.5 Å². The van der Waals surface area contributed by atoms with Gasteiger partial charge in [0.2, 0.25) is 5.91 Å². The highest BCUT2D eigenvalue weighted by Crippen LogP contribution is 2.17. The van der Waals surface area contributed by atoms with Crippen LogP contribution < -0.4 is 16.2 Å². The molecule has 0 saturated heterocycles. The molecule has 30 heavy (non-hydrogen) atoms. The number of unbranched alkanes of at least 4 members (excludes halogenated alkanes) is 2. The maximum Gasteiger partial charge on any atom is 0.270 e. The number of nitrogens with one attached hydrogen (secondary N) is 3. The molecule has 0 saturated carbocycles. The number of hydrogen-bond acceptors (Lipinski definition) is 6. The fraction of sp³-hybridized carbons (Fsp3) is 0.250. The summed E-state index contributed by atoms with van der Waals surface area (Å²) >= 11 is 5.24. The van der Waals surface area contributed by atoms with E-state index < -0.39 is 10.8 Å². The topological polar surface area (TPSA) is 129 Å². The molecule has 0 aromatic heterocycles. The van der Waals surface area contributed by atoms with Crippen LogP contribution in [0.1, 0.15) is 36.8 Å². The minimum atomic E-state index is -0.448. The lowest BCUT2D eigenvalue weighted by atomic mass is 10.0. The molecule has 2 rings (SSSR count). The molecule has 0 aliphatic carbocycles. The van der Waals surface area contributed by atoms with Crippen molar-refractivity contribution in [2.45, 2.75) is 25.7 Å². The predicted molar refractivity (Wildman–Crippen MR) is 117 cm³/mol. The summed E-state index contributed by atoms with van der Waals surface area (Å²) < 4.78 is 0. The lowest BCUT2D eigenvalue weighted by Crippen LogP contribution is -2.33. The van der Waals surface area contributed by atoms with Crippen molar-refractivity contribution in [2.75, 3.05) is 6.54 Å². The van der Waals surface area contributed by atoms with Crippen LogP contribution in [0.15, 0.2) is 59.7 Å². The number of hydroxylamine groups is 1. The Morgan fingerprint density at radius 1 is 1.07 bits per heavy atom. The van der Waals surface area contributed by atoms with Crippen molar-refractivity contribution in [2.24, 2.45) is 5.10 Å². The smallest absolute Gasteiger partial charge is 0.270 e. The predicted octanol–water partition coefficient (Wildman–Crippen LogP) is 2.88. The maximum absolute atomic E-state index is 11.1. The molecule has 4 N–H and O–H groups in total. The molecule has 10 heteroatoms. The first-order valence-electron chi connectivity index (χ1n) is 9.36. The quantitative estimate of drug-likeness (QED) is 0.114. The third-order valence-electron chi connectivity index (χ3n) is 4.14. The lowest BCUT2D eigenvalue weighted by Gasteiger charge is -2.10.